The molecule has 1 aliphatic carbocycles. The number of hydrogen-bond donors (Lipinski definition) is 1. The van der Waals surface area contributed by atoms with Crippen LogP contribution in [-0.4, -0.2) is 49.1 Å². The number of rotatable bonds is 2. The Bertz CT molecular complexity index is 570. The molecular weight excluding hydrogens is 308 g/mol. The average Bonchev–Trinajstić information content (AvgIpc) is 3.18. The van der Waals surface area contributed by atoms with E-state index < -0.39 is 10.8 Å². The second-order valence-corrected chi connectivity index (χ2v) is 8.61. The number of hydrogen-bond acceptors (Lipinski definition) is 5. The van der Waals surface area contributed by atoms with Crippen molar-refractivity contribution in [1.29, 1.82) is 0 Å². The fourth-order valence-corrected chi connectivity index (χ4v) is 5.59. The van der Waals surface area contributed by atoms with Crippen molar-refractivity contribution in [3.8, 4) is 0 Å². The molecule has 2 bridgehead atoms. The van der Waals surface area contributed by atoms with Gasteiger partial charge in [-0.2, -0.15) is 4.37 Å². The number of piperidine rings is 1. The molecule has 1 aromatic heterocycles. The summed E-state index contributed by atoms with van der Waals surface area (Å²) in [5, 5.41) is 3.47. The molecule has 1 N–H and O–H groups in total. The van der Waals surface area contributed by atoms with Crippen LogP contribution in [0.15, 0.2) is 0 Å². The highest BCUT2D eigenvalue weighted by Crippen LogP contribution is 2.39. The fraction of sp³-hybridized carbons (Fsp3) is 0.769. The first-order valence-electron chi connectivity index (χ1n) is 7.42. The SMILES string of the molecule is O=C(Nc1nc(C2CC2)ns1)N1CC2CC(C1)CS(=O)C2. The van der Waals surface area contributed by atoms with Gasteiger partial charge in [0.1, 0.15) is 5.82 Å². The number of fused-ring (bicyclic) bond motifs is 2. The molecule has 1 aromatic rings. The molecule has 0 spiro atoms. The van der Waals surface area contributed by atoms with Gasteiger partial charge in [-0.25, -0.2) is 9.78 Å². The molecule has 0 radical (unpaired) electrons. The second kappa shape index (κ2) is 5.31. The molecule has 2 amide bonds. The quantitative estimate of drug-likeness (QED) is 0.896. The summed E-state index contributed by atoms with van der Waals surface area (Å²) in [7, 11) is -0.689. The van der Waals surface area contributed by atoms with Crippen molar-refractivity contribution in [1.82, 2.24) is 14.3 Å². The lowest BCUT2D eigenvalue weighted by Gasteiger charge is -2.40. The van der Waals surface area contributed by atoms with E-state index in [1.54, 1.807) is 0 Å². The van der Waals surface area contributed by atoms with Crippen LogP contribution < -0.4 is 5.32 Å². The number of anilines is 1. The van der Waals surface area contributed by atoms with Crippen LogP contribution in [0.2, 0.25) is 0 Å². The van der Waals surface area contributed by atoms with Crippen LogP contribution in [0.3, 0.4) is 0 Å². The Morgan fingerprint density at radius 2 is 2.00 bits per heavy atom. The van der Waals surface area contributed by atoms with Gasteiger partial charge in [-0.05, 0) is 31.1 Å². The molecule has 3 aliphatic rings. The topological polar surface area (TPSA) is 75.2 Å². The minimum absolute atomic E-state index is 0.0871. The van der Waals surface area contributed by atoms with E-state index in [2.05, 4.69) is 14.7 Å². The first kappa shape index (κ1) is 13.6. The molecule has 21 heavy (non-hydrogen) atoms. The molecule has 4 rings (SSSR count). The monoisotopic (exact) mass is 326 g/mol. The highest BCUT2D eigenvalue weighted by molar-refractivity contribution is 7.85. The normalized spacial score (nSPS) is 32.0. The molecule has 0 aromatic carbocycles. The van der Waals surface area contributed by atoms with Crippen molar-refractivity contribution in [2.24, 2.45) is 11.8 Å². The van der Waals surface area contributed by atoms with Gasteiger partial charge >= 0.3 is 6.03 Å². The number of amides is 2. The fourth-order valence-electron chi connectivity index (χ4n) is 3.28. The number of carbonyl (C=O) groups is 1. The Balaban J connectivity index is 1.39. The third kappa shape index (κ3) is 2.96. The van der Waals surface area contributed by atoms with Crippen molar-refractivity contribution in [2.75, 3.05) is 29.9 Å². The standard InChI is InChI=1S/C13H18N4O2S2/c18-13(15-12-14-11(16-20-12)10-1-2-10)17-4-8-3-9(5-17)7-21(19)6-8/h8-10H,1-7H2,(H,14,15,16,18). The van der Waals surface area contributed by atoms with Gasteiger partial charge in [0.15, 0.2) is 0 Å². The smallest absolute Gasteiger partial charge is 0.323 e. The van der Waals surface area contributed by atoms with Gasteiger partial charge in [0.25, 0.3) is 0 Å². The van der Waals surface area contributed by atoms with E-state index in [1.165, 1.54) is 11.5 Å². The molecule has 3 fully saturated rings. The molecular formula is C13H18N4O2S2. The molecule has 1 saturated carbocycles. The van der Waals surface area contributed by atoms with Gasteiger partial charge in [-0.15, -0.1) is 0 Å². The Morgan fingerprint density at radius 1 is 1.29 bits per heavy atom. The zero-order valence-corrected chi connectivity index (χ0v) is 13.3. The summed E-state index contributed by atoms with van der Waals surface area (Å²) in [5.74, 6) is 3.65. The van der Waals surface area contributed by atoms with E-state index in [4.69, 9.17) is 0 Å². The Hall–Kier alpha value is -1.02. The molecule has 2 aliphatic heterocycles. The Labute approximate surface area is 129 Å². The van der Waals surface area contributed by atoms with E-state index in [-0.39, 0.29) is 6.03 Å². The van der Waals surface area contributed by atoms with E-state index >= 15 is 0 Å². The summed E-state index contributed by atoms with van der Waals surface area (Å²) in [6, 6.07) is -0.0871. The highest BCUT2D eigenvalue weighted by Gasteiger charge is 2.36. The zero-order chi connectivity index (χ0) is 14.4. The summed E-state index contributed by atoms with van der Waals surface area (Å²) in [6.07, 6.45) is 3.44. The van der Waals surface area contributed by atoms with Crippen LogP contribution in [-0.2, 0) is 10.8 Å². The first-order valence-corrected chi connectivity index (χ1v) is 9.68. The number of likely N-dealkylation sites (tertiary alicyclic amines) is 1. The maximum absolute atomic E-state index is 12.4. The van der Waals surface area contributed by atoms with E-state index in [1.807, 2.05) is 4.90 Å². The van der Waals surface area contributed by atoms with Gasteiger partial charge in [0.05, 0.1) is 0 Å². The third-order valence-electron chi connectivity index (χ3n) is 4.35. The van der Waals surface area contributed by atoms with Crippen LogP contribution in [0, 0.1) is 11.8 Å². The van der Waals surface area contributed by atoms with Crippen molar-refractivity contribution in [3.05, 3.63) is 5.82 Å². The summed E-state index contributed by atoms with van der Waals surface area (Å²) in [4.78, 5) is 18.6. The number of aromatic nitrogens is 2. The van der Waals surface area contributed by atoms with Gasteiger partial charge < -0.3 is 4.90 Å². The van der Waals surface area contributed by atoms with Crippen LogP contribution in [0.5, 0.6) is 0 Å². The lowest BCUT2D eigenvalue weighted by molar-refractivity contribution is 0.154. The Kier molecular flexibility index (Phi) is 3.45. The maximum atomic E-state index is 12.4. The molecule has 3 heterocycles. The predicted octanol–water partition coefficient (Wildman–Crippen LogP) is 1.65. The Morgan fingerprint density at radius 3 is 2.67 bits per heavy atom. The molecule has 2 atom stereocenters. The first-order chi connectivity index (χ1) is 10.2. The lowest BCUT2D eigenvalue weighted by atomic mass is 9.91. The van der Waals surface area contributed by atoms with E-state index in [0.29, 0.717) is 36.0 Å². The second-order valence-electron chi connectivity index (χ2n) is 6.31. The van der Waals surface area contributed by atoms with Crippen molar-refractivity contribution < 1.29 is 9.00 Å². The molecule has 6 nitrogen and oxygen atoms in total. The van der Waals surface area contributed by atoms with Gasteiger partial charge in [-0.1, -0.05) is 0 Å². The summed E-state index contributed by atoms with van der Waals surface area (Å²) in [6.45, 7) is 1.42. The highest BCUT2D eigenvalue weighted by atomic mass is 32.2. The number of urea groups is 1. The minimum Gasteiger partial charge on any atom is -0.324 e. The minimum atomic E-state index is -0.689. The molecule has 114 valence electrons. The van der Waals surface area contributed by atoms with Crippen molar-refractivity contribution in [2.45, 2.75) is 25.2 Å². The number of nitrogens with one attached hydrogen (secondary N) is 1. The van der Waals surface area contributed by atoms with Gasteiger partial charge in [-0.3, -0.25) is 9.53 Å². The molecule has 2 saturated heterocycles. The third-order valence-corrected chi connectivity index (χ3v) is 6.68. The largest absolute Gasteiger partial charge is 0.324 e. The van der Waals surface area contributed by atoms with Gasteiger partial charge in [0, 0.05) is 52.8 Å². The summed E-state index contributed by atoms with van der Waals surface area (Å²) >= 11 is 1.26. The predicted molar refractivity (Wildman–Crippen MR) is 81.9 cm³/mol. The average molecular weight is 326 g/mol. The van der Waals surface area contributed by atoms with E-state index in [9.17, 15) is 9.00 Å². The van der Waals surface area contributed by atoms with Crippen LogP contribution in [0.1, 0.15) is 31.0 Å². The summed E-state index contributed by atoms with van der Waals surface area (Å²) < 4.78 is 16.0. The van der Waals surface area contributed by atoms with Crippen molar-refractivity contribution >= 4 is 33.5 Å². The number of nitrogens with zero attached hydrogens (tertiary/aromatic N) is 3. The van der Waals surface area contributed by atoms with Gasteiger partial charge in [0.2, 0.25) is 5.13 Å². The zero-order valence-electron chi connectivity index (χ0n) is 11.7. The lowest BCUT2D eigenvalue weighted by Crippen LogP contribution is -2.50. The summed E-state index contributed by atoms with van der Waals surface area (Å²) in [5.41, 5.74) is 0. The molecule has 8 heteroatoms. The van der Waals surface area contributed by atoms with Crippen molar-refractivity contribution in [3.63, 3.8) is 0 Å². The number of carbonyl (C=O) groups excluding carboxylic acids is 1. The van der Waals surface area contributed by atoms with Crippen LogP contribution >= 0.6 is 11.5 Å². The maximum Gasteiger partial charge on any atom is 0.323 e. The van der Waals surface area contributed by atoms with E-state index in [0.717, 1.165) is 36.6 Å². The van der Waals surface area contributed by atoms with Crippen LogP contribution in [0.25, 0.3) is 0 Å². The molecule has 2 unspecified atom stereocenters. The van der Waals surface area contributed by atoms with Crippen LogP contribution in [0.4, 0.5) is 9.93 Å².